The number of para-hydroxylation sites is 4. The highest BCUT2D eigenvalue weighted by Gasteiger charge is 2.23. The first kappa shape index (κ1) is 20.7. The third kappa shape index (κ3) is 5.33. The van der Waals surface area contributed by atoms with Gasteiger partial charge in [-0.05, 0) is 43.5 Å². The van der Waals surface area contributed by atoms with Crippen LogP contribution in [0.25, 0.3) is 11.0 Å². The van der Waals surface area contributed by atoms with E-state index in [2.05, 4.69) is 25.9 Å². The summed E-state index contributed by atoms with van der Waals surface area (Å²) in [5, 5.41) is 9.48. The van der Waals surface area contributed by atoms with E-state index in [0.29, 0.717) is 19.5 Å². The van der Waals surface area contributed by atoms with Gasteiger partial charge in [0.05, 0.1) is 22.4 Å². The molecular weight excluding hydrogens is 392 g/mol. The Morgan fingerprint density at radius 2 is 1.84 bits per heavy atom. The molecule has 0 saturated heterocycles. The Morgan fingerprint density at radius 3 is 2.74 bits per heavy atom. The second-order valence-corrected chi connectivity index (χ2v) is 7.61. The van der Waals surface area contributed by atoms with E-state index in [1.165, 1.54) is 0 Å². The minimum atomic E-state index is -0.134. The Kier molecular flexibility index (Phi) is 6.66. The van der Waals surface area contributed by atoms with Crippen molar-refractivity contribution >= 4 is 40.2 Å². The number of nitrogens with one attached hydrogen (secondary N) is 4. The van der Waals surface area contributed by atoms with Crippen LogP contribution in [0.5, 0.6) is 0 Å². The second-order valence-electron chi connectivity index (χ2n) is 7.61. The largest absolute Gasteiger partial charge is 0.383 e. The van der Waals surface area contributed by atoms with Crippen molar-refractivity contribution in [3.05, 3.63) is 48.5 Å². The van der Waals surface area contributed by atoms with Crippen molar-refractivity contribution in [1.29, 1.82) is 0 Å². The molecule has 1 aliphatic heterocycles. The molecule has 4 N–H and O–H groups in total. The Hall–Kier alpha value is -3.55. The monoisotopic (exact) mass is 420 g/mol. The lowest BCUT2D eigenvalue weighted by Crippen LogP contribution is -2.40. The molecule has 1 aromatic heterocycles. The molecule has 3 aromatic rings. The number of imidazole rings is 1. The van der Waals surface area contributed by atoms with Crippen LogP contribution >= 0.6 is 0 Å². The maximum absolute atomic E-state index is 12.4. The molecule has 2 aromatic carbocycles. The van der Waals surface area contributed by atoms with Gasteiger partial charge in [0.1, 0.15) is 6.54 Å². The Morgan fingerprint density at radius 1 is 1.03 bits per heavy atom. The quantitative estimate of drug-likeness (QED) is 0.399. The van der Waals surface area contributed by atoms with Gasteiger partial charge in [-0.15, -0.1) is 0 Å². The van der Waals surface area contributed by atoms with E-state index >= 15 is 0 Å². The van der Waals surface area contributed by atoms with Crippen molar-refractivity contribution < 1.29 is 9.59 Å². The standard InChI is InChI=1S/C23H28N6O2/c30-21(16-29-20-11-5-4-10-19(20)24-15-12-22(29)31)25-13-6-1-7-14-26-23-27-17-8-2-3-9-18(17)28-23/h2-5,8-11,24H,1,6-7,12-16H2,(H,25,30)(H2,26,27,28). The number of H-pyrrole nitrogens is 1. The van der Waals surface area contributed by atoms with E-state index in [-0.39, 0.29) is 18.4 Å². The van der Waals surface area contributed by atoms with Gasteiger partial charge in [0, 0.05) is 26.1 Å². The smallest absolute Gasteiger partial charge is 0.240 e. The molecule has 0 spiro atoms. The average Bonchev–Trinajstić information content (AvgIpc) is 3.13. The number of unbranched alkanes of at least 4 members (excludes halogenated alkanes) is 2. The number of anilines is 3. The van der Waals surface area contributed by atoms with Crippen LogP contribution in [0.4, 0.5) is 17.3 Å². The Balaban J connectivity index is 1.15. The van der Waals surface area contributed by atoms with Crippen molar-refractivity contribution in [2.24, 2.45) is 0 Å². The summed E-state index contributed by atoms with van der Waals surface area (Å²) in [5.74, 6) is 0.612. The fourth-order valence-corrected chi connectivity index (χ4v) is 3.70. The maximum atomic E-state index is 12.4. The molecule has 31 heavy (non-hydrogen) atoms. The fourth-order valence-electron chi connectivity index (χ4n) is 3.70. The predicted molar refractivity (Wildman–Crippen MR) is 123 cm³/mol. The first-order valence-corrected chi connectivity index (χ1v) is 10.8. The topological polar surface area (TPSA) is 102 Å². The first-order valence-electron chi connectivity index (χ1n) is 10.8. The zero-order valence-corrected chi connectivity index (χ0v) is 17.5. The molecule has 2 amide bonds. The SMILES string of the molecule is O=C(CN1C(=O)CCNc2ccccc21)NCCCCCNc1nc2ccccc2[nH]1. The van der Waals surface area contributed by atoms with Crippen molar-refractivity contribution in [3.8, 4) is 0 Å². The van der Waals surface area contributed by atoms with E-state index in [9.17, 15) is 9.59 Å². The number of carbonyl (C=O) groups excluding carboxylic acids is 2. The van der Waals surface area contributed by atoms with Crippen molar-refractivity contribution in [1.82, 2.24) is 15.3 Å². The van der Waals surface area contributed by atoms with E-state index in [0.717, 1.165) is 54.2 Å². The number of benzene rings is 2. The van der Waals surface area contributed by atoms with E-state index in [4.69, 9.17) is 0 Å². The van der Waals surface area contributed by atoms with Crippen molar-refractivity contribution in [2.45, 2.75) is 25.7 Å². The predicted octanol–water partition coefficient (Wildman–Crippen LogP) is 3.11. The van der Waals surface area contributed by atoms with Gasteiger partial charge >= 0.3 is 0 Å². The summed E-state index contributed by atoms with van der Waals surface area (Å²) in [5.41, 5.74) is 3.62. The van der Waals surface area contributed by atoms with E-state index in [1.807, 2.05) is 48.5 Å². The number of amides is 2. The number of rotatable bonds is 9. The molecule has 0 atom stereocenters. The summed E-state index contributed by atoms with van der Waals surface area (Å²) in [6.45, 7) is 2.05. The summed E-state index contributed by atoms with van der Waals surface area (Å²) in [6.07, 6.45) is 3.24. The van der Waals surface area contributed by atoms with Gasteiger partial charge in [-0.1, -0.05) is 24.3 Å². The van der Waals surface area contributed by atoms with Crippen LogP contribution in [-0.2, 0) is 9.59 Å². The maximum Gasteiger partial charge on any atom is 0.240 e. The third-order valence-corrected chi connectivity index (χ3v) is 5.31. The molecule has 0 saturated carbocycles. The molecule has 2 heterocycles. The highest BCUT2D eigenvalue weighted by Crippen LogP contribution is 2.28. The molecule has 8 heteroatoms. The molecule has 8 nitrogen and oxygen atoms in total. The van der Waals surface area contributed by atoms with Gasteiger partial charge in [0.2, 0.25) is 17.8 Å². The summed E-state index contributed by atoms with van der Waals surface area (Å²) >= 11 is 0. The van der Waals surface area contributed by atoms with Gasteiger partial charge in [0.25, 0.3) is 0 Å². The van der Waals surface area contributed by atoms with Crippen LogP contribution in [0.3, 0.4) is 0 Å². The number of hydrogen-bond donors (Lipinski definition) is 4. The van der Waals surface area contributed by atoms with Gasteiger partial charge in [-0.3, -0.25) is 9.59 Å². The first-order chi connectivity index (χ1) is 15.2. The van der Waals surface area contributed by atoms with Gasteiger partial charge in [-0.25, -0.2) is 4.98 Å². The lowest BCUT2D eigenvalue weighted by Gasteiger charge is -2.22. The van der Waals surface area contributed by atoms with Crippen LogP contribution in [0.15, 0.2) is 48.5 Å². The average molecular weight is 421 g/mol. The number of carbonyl (C=O) groups is 2. The number of aromatic nitrogens is 2. The number of nitrogens with zero attached hydrogens (tertiary/aromatic N) is 2. The van der Waals surface area contributed by atoms with Crippen LogP contribution in [0, 0.1) is 0 Å². The number of hydrogen-bond acceptors (Lipinski definition) is 5. The molecule has 0 unspecified atom stereocenters. The van der Waals surface area contributed by atoms with Gasteiger partial charge < -0.3 is 25.8 Å². The van der Waals surface area contributed by atoms with E-state index < -0.39 is 0 Å². The van der Waals surface area contributed by atoms with Crippen molar-refractivity contribution in [2.75, 3.05) is 41.7 Å². The summed E-state index contributed by atoms with van der Waals surface area (Å²) in [4.78, 5) is 34.1. The highest BCUT2D eigenvalue weighted by molar-refractivity contribution is 6.02. The van der Waals surface area contributed by atoms with Crippen LogP contribution in [0.1, 0.15) is 25.7 Å². The number of fused-ring (bicyclic) bond motifs is 2. The molecule has 0 radical (unpaired) electrons. The number of aromatic amines is 1. The van der Waals surface area contributed by atoms with Crippen LogP contribution < -0.4 is 20.9 Å². The Bertz CT molecular complexity index is 1010. The molecule has 0 aliphatic carbocycles. The van der Waals surface area contributed by atoms with Gasteiger partial charge in [0.15, 0.2) is 0 Å². The summed E-state index contributed by atoms with van der Waals surface area (Å²) in [7, 11) is 0. The minimum Gasteiger partial charge on any atom is -0.383 e. The van der Waals surface area contributed by atoms with Crippen LogP contribution in [0.2, 0.25) is 0 Å². The molecule has 0 bridgehead atoms. The van der Waals surface area contributed by atoms with Gasteiger partial charge in [-0.2, -0.15) is 0 Å². The lowest BCUT2D eigenvalue weighted by molar-refractivity contribution is -0.123. The zero-order chi connectivity index (χ0) is 21.5. The normalized spacial score (nSPS) is 13.4. The highest BCUT2D eigenvalue weighted by atomic mass is 16.2. The Labute approximate surface area is 181 Å². The molecule has 0 fully saturated rings. The summed E-state index contributed by atoms with van der Waals surface area (Å²) < 4.78 is 0. The van der Waals surface area contributed by atoms with E-state index in [1.54, 1.807) is 4.90 Å². The minimum absolute atomic E-state index is 0.0377. The molecule has 1 aliphatic rings. The lowest BCUT2D eigenvalue weighted by atomic mass is 10.2. The molecule has 4 rings (SSSR count). The molecule has 162 valence electrons. The zero-order valence-electron chi connectivity index (χ0n) is 17.5. The fraction of sp³-hybridized carbons (Fsp3) is 0.348. The van der Waals surface area contributed by atoms with Crippen LogP contribution in [-0.4, -0.2) is 48.0 Å². The molecular formula is C23H28N6O2. The second kappa shape index (κ2) is 9.97. The summed E-state index contributed by atoms with van der Waals surface area (Å²) in [6, 6.07) is 15.5. The van der Waals surface area contributed by atoms with Crippen molar-refractivity contribution in [3.63, 3.8) is 0 Å². The third-order valence-electron chi connectivity index (χ3n) is 5.31.